The molecule has 1 aromatic rings. The zero-order chi connectivity index (χ0) is 10.7. The van der Waals surface area contributed by atoms with Crippen molar-refractivity contribution in [2.45, 2.75) is 38.6 Å². The van der Waals surface area contributed by atoms with Crippen LogP contribution in [0.2, 0.25) is 0 Å². The summed E-state index contributed by atoms with van der Waals surface area (Å²) in [7, 11) is 0. The van der Waals surface area contributed by atoms with Crippen LogP contribution in [-0.2, 0) is 0 Å². The van der Waals surface area contributed by atoms with Gasteiger partial charge in [0.15, 0.2) is 0 Å². The number of nitrogens with zero attached hydrogens (tertiary/aromatic N) is 2. The maximum absolute atomic E-state index is 6.22. The molecule has 3 heteroatoms. The average molecular weight is 205 g/mol. The van der Waals surface area contributed by atoms with Crippen molar-refractivity contribution in [3.05, 3.63) is 24.3 Å². The molecule has 0 aliphatic heterocycles. The Bertz CT molecular complexity index is 291. The minimum absolute atomic E-state index is 0.0977. The van der Waals surface area contributed by atoms with Gasteiger partial charge in [0.1, 0.15) is 6.33 Å². The summed E-state index contributed by atoms with van der Waals surface area (Å²) < 4.78 is 0. The first-order chi connectivity index (χ1) is 7.27. The van der Waals surface area contributed by atoms with Crippen LogP contribution in [-0.4, -0.2) is 9.97 Å². The van der Waals surface area contributed by atoms with Gasteiger partial charge in [0.2, 0.25) is 0 Å². The third-order valence-electron chi connectivity index (χ3n) is 3.51. The van der Waals surface area contributed by atoms with Crippen LogP contribution < -0.4 is 5.73 Å². The normalized spacial score (nSPS) is 28.7. The molecule has 2 N–H and O–H groups in total. The highest BCUT2D eigenvalue weighted by atomic mass is 14.9. The van der Waals surface area contributed by atoms with Gasteiger partial charge in [-0.3, -0.25) is 0 Å². The second-order valence-corrected chi connectivity index (χ2v) is 4.68. The molecule has 0 spiro atoms. The molecule has 1 aromatic heterocycles. The predicted octanol–water partition coefficient (Wildman–Crippen LogP) is 2.30. The van der Waals surface area contributed by atoms with Gasteiger partial charge >= 0.3 is 0 Å². The van der Waals surface area contributed by atoms with E-state index >= 15 is 0 Å². The van der Waals surface area contributed by atoms with E-state index in [1.807, 2.05) is 6.07 Å². The topological polar surface area (TPSA) is 51.8 Å². The Morgan fingerprint density at radius 1 is 1.33 bits per heavy atom. The molecular weight excluding hydrogens is 186 g/mol. The van der Waals surface area contributed by atoms with Crippen LogP contribution in [0.5, 0.6) is 0 Å². The largest absolute Gasteiger partial charge is 0.322 e. The number of hydrogen-bond acceptors (Lipinski definition) is 3. The van der Waals surface area contributed by atoms with E-state index in [0.29, 0.717) is 5.92 Å². The minimum Gasteiger partial charge on any atom is -0.322 e. The minimum atomic E-state index is 0.0977. The molecule has 1 aliphatic carbocycles. The molecule has 0 amide bonds. The van der Waals surface area contributed by atoms with Gasteiger partial charge in [0, 0.05) is 12.2 Å². The number of aromatic nitrogens is 2. The zero-order valence-electron chi connectivity index (χ0n) is 9.26. The second kappa shape index (κ2) is 4.71. The lowest BCUT2D eigenvalue weighted by molar-refractivity contribution is 0.253. The van der Waals surface area contributed by atoms with Crippen LogP contribution in [0.25, 0.3) is 0 Å². The van der Waals surface area contributed by atoms with E-state index in [9.17, 15) is 0 Å². The van der Waals surface area contributed by atoms with Crippen molar-refractivity contribution in [3.63, 3.8) is 0 Å². The van der Waals surface area contributed by atoms with Gasteiger partial charge < -0.3 is 5.73 Å². The highest BCUT2D eigenvalue weighted by Gasteiger charge is 2.25. The molecule has 1 saturated carbocycles. The molecule has 0 bridgehead atoms. The maximum atomic E-state index is 6.22. The molecule has 1 atom stereocenters. The predicted molar refractivity (Wildman–Crippen MR) is 60.1 cm³/mol. The van der Waals surface area contributed by atoms with Crippen LogP contribution in [0.4, 0.5) is 0 Å². The third-order valence-corrected chi connectivity index (χ3v) is 3.51. The number of rotatable bonds is 2. The van der Waals surface area contributed by atoms with Gasteiger partial charge in [0.05, 0.1) is 5.69 Å². The Hall–Kier alpha value is -0.960. The number of nitrogens with two attached hydrogens (primary N) is 1. The highest BCUT2D eigenvalue weighted by Crippen LogP contribution is 2.34. The van der Waals surface area contributed by atoms with E-state index in [-0.39, 0.29) is 6.04 Å². The fourth-order valence-corrected chi connectivity index (χ4v) is 2.38. The van der Waals surface area contributed by atoms with Crippen molar-refractivity contribution in [2.24, 2.45) is 17.6 Å². The Kier molecular flexibility index (Phi) is 3.31. The molecule has 1 heterocycles. The summed E-state index contributed by atoms with van der Waals surface area (Å²) in [5.41, 5.74) is 7.22. The van der Waals surface area contributed by atoms with Crippen LogP contribution in [0.1, 0.15) is 44.3 Å². The SMILES string of the molecule is CC1CCC(C(N)c2ccncn2)CC1. The Labute approximate surface area is 91.1 Å². The monoisotopic (exact) mass is 205 g/mol. The maximum Gasteiger partial charge on any atom is 0.115 e. The zero-order valence-corrected chi connectivity index (χ0v) is 9.26. The summed E-state index contributed by atoms with van der Waals surface area (Å²) in [6.45, 7) is 2.33. The lowest BCUT2D eigenvalue weighted by Crippen LogP contribution is -2.26. The third kappa shape index (κ3) is 2.53. The van der Waals surface area contributed by atoms with Crippen molar-refractivity contribution in [1.82, 2.24) is 9.97 Å². The van der Waals surface area contributed by atoms with Gasteiger partial charge in [0.25, 0.3) is 0 Å². The first-order valence-corrected chi connectivity index (χ1v) is 5.79. The molecule has 0 saturated heterocycles. The van der Waals surface area contributed by atoms with E-state index < -0.39 is 0 Å². The second-order valence-electron chi connectivity index (χ2n) is 4.68. The summed E-state index contributed by atoms with van der Waals surface area (Å²) in [6.07, 6.45) is 8.46. The fourth-order valence-electron chi connectivity index (χ4n) is 2.38. The molecular formula is C12H19N3. The quantitative estimate of drug-likeness (QED) is 0.806. The van der Waals surface area contributed by atoms with E-state index in [4.69, 9.17) is 5.73 Å². The molecule has 1 aliphatic rings. The molecule has 15 heavy (non-hydrogen) atoms. The summed E-state index contributed by atoms with van der Waals surface area (Å²) in [4.78, 5) is 8.16. The van der Waals surface area contributed by atoms with E-state index in [0.717, 1.165) is 11.6 Å². The first-order valence-electron chi connectivity index (χ1n) is 5.79. The summed E-state index contributed by atoms with van der Waals surface area (Å²) in [5.74, 6) is 1.48. The lowest BCUT2D eigenvalue weighted by atomic mass is 9.78. The van der Waals surface area contributed by atoms with Crippen LogP contribution >= 0.6 is 0 Å². The Morgan fingerprint density at radius 2 is 2.07 bits per heavy atom. The van der Waals surface area contributed by atoms with Crippen molar-refractivity contribution >= 4 is 0 Å². The smallest absolute Gasteiger partial charge is 0.115 e. The standard InChI is InChI=1S/C12H19N3/c1-9-2-4-10(5-3-9)12(13)11-6-7-14-8-15-11/h6-10,12H,2-5,13H2,1H3. The van der Waals surface area contributed by atoms with E-state index in [1.165, 1.54) is 25.7 Å². The molecule has 2 rings (SSSR count). The van der Waals surface area contributed by atoms with Crippen molar-refractivity contribution in [3.8, 4) is 0 Å². The molecule has 0 aromatic carbocycles. The summed E-state index contributed by atoms with van der Waals surface area (Å²) >= 11 is 0. The fraction of sp³-hybridized carbons (Fsp3) is 0.667. The summed E-state index contributed by atoms with van der Waals surface area (Å²) in [5, 5.41) is 0. The van der Waals surface area contributed by atoms with Gasteiger partial charge in [-0.2, -0.15) is 0 Å². The highest BCUT2D eigenvalue weighted by molar-refractivity contribution is 5.05. The van der Waals surface area contributed by atoms with E-state index in [2.05, 4.69) is 16.9 Å². The molecule has 1 fully saturated rings. The van der Waals surface area contributed by atoms with Gasteiger partial charge in [-0.25, -0.2) is 9.97 Å². The van der Waals surface area contributed by atoms with E-state index in [1.54, 1.807) is 12.5 Å². The van der Waals surface area contributed by atoms with Gasteiger partial charge in [-0.15, -0.1) is 0 Å². The van der Waals surface area contributed by atoms with Crippen molar-refractivity contribution in [1.29, 1.82) is 0 Å². The summed E-state index contributed by atoms with van der Waals surface area (Å²) in [6, 6.07) is 2.03. The van der Waals surface area contributed by atoms with Gasteiger partial charge in [-0.05, 0) is 30.7 Å². The van der Waals surface area contributed by atoms with Crippen molar-refractivity contribution < 1.29 is 0 Å². The Balaban J connectivity index is 1.99. The molecule has 82 valence electrons. The first kappa shape index (κ1) is 10.6. The Morgan fingerprint density at radius 3 is 2.67 bits per heavy atom. The average Bonchev–Trinajstić information content (AvgIpc) is 2.30. The van der Waals surface area contributed by atoms with Crippen molar-refractivity contribution in [2.75, 3.05) is 0 Å². The molecule has 3 nitrogen and oxygen atoms in total. The molecule has 0 radical (unpaired) electrons. The number of hydrogen-bond donors (Lipinski definition) is 1. The van der Waals surface area contributed by atoms with Crippen LogP contribution in [0.15, 0.2) is 18.6 Å². The van der Waals surface area contributed by atoms with Crippen LogP contribution in [0, 0.1) is 11.8 Å². The van der Waals surface area contributed by atoms with Crippen LogP contribution in [0.3, 0.4) is 0 Å². The van der Waals surface area contributed by atoms with Gasteiger partial charge in [-0.1, -0.05) is 19.8 Å². The molecule has 1 unspecified atom stereocenters. The lowest BCUT2D eigenvalue weighted by Gasteiger charge is -2.30.